The van der Waals surface area contributed by atoms with Gasteiger partial charge < -0.3 is 0 Å². The summed E-state index contributed by atoms with van der Waals surface area (Å²) in [7, 11) is 0. The molecule has 1 aromatic carbocycles. The Morgan fingerprint density at radius 1 is 1.08 bits per heavy atom. The number of rotatable bonds is 5. The van der Waals surface area contributed by atoms with E-state index < -0.39 is 0 Å². The molecule has 0 nitrogen and oxygen atoms in total. The normalized spacial score (nSPS) is 10.7. The highest BCUT2D eigenvalue weighted by Gasteiger charge is 2.04. The summed E-state index contributed by atoms with van der Waals surface area (Å²) in [6, 6.07) is 10.5. The van der Waals surface area contributed by atoms with Gasteiger partial charge in [-0.25, -0.2) is 0 Å². The zero-order valence-electron chi connectivity index (χ0n) is 7.39. The van der Waals surface area contributed by atoms with Crippen LogP contribution in [-0.4, -0.2) is 17.3 Å². The lowest BCUT2D eigenvalue weighted by atomic mass is 10.3. The van der Waals surface area contributed by atoms with Gasteiger partial charge in [-0.15, -0.1) is 11.8 Å². The first-order valence-electron chi connectivity index (χ1n) is 4.26. The first-order chi connectivity index (χ1) is 6.36. The molecule has 0 bridgehead atoms. The Morgan fingerprint density at radius 2 is 1.69 bits per heavy atom. The second kappa shape index (κ2) is 6.68. The second-order valence-electron chi connectivity index (χ2n) is 2.86. The molecule has 13 heavy (non-hydrogen) atoms. The maximum atomic E-state index is 4.28. The zero-order valence-corrected chi connectivity index (χ0v) is 9.99. The van der Waals surface area contributed by atoms with E-state index in [-0.39, 0.29) is 0 Å². The molecule has 0 spiro atoms. The van der Waals surface area contributed by atoms with Gasteiger partial charge in [-0.05, 0) is 29.6 Å². The highest BCUT2D eigenvalue weighted by atomic mass is 32.2. The van der Waals surface area contributed by atoms with Gasteiger partial charge in [-0.3, -0.25) is 0 Å². The van der Waals surface area contributed by atoms with Crippen molar-refractivity contribution in [3.05, 3.63) is 30.3 Å². The Balaban J connectivity index is 2.34. The molecule has 0 N–H and O–H groups in total. The van der Waals surface area contributed by atoms with E-state index in [0.717, 1.165) is 17.3 Å². The fourth-order valence-corrected chi connectivity index (χ4v) is 2.98. The van der Waals surface area contributed by atoms with Crippen molar-refractivity contribution in [2.75, 3.05) is 17.3 Å². The standard InChI is InChI=1S/C10H14S3/c11-6-9(7-12)8-13-10-4-2-1-3-5-10/h1-5,9,11-12H,6-8H2. The van der Waals surface area contributed by atoms with Crippen LogP contribution in [0.25, 0.3) is 0 Å². The lowest BCUT2D eigenvalue weighted by Crippen LogP contribution is -2.06. The van der Waals surface area contributed by atoms with Crippen molar-refractivity contribution in [2.45, 2.75) is 4.90 Å². The molecule has 1 aromatic rings. The molecule has 1 rings (SSSR count). The average Bonchev–Trinajstić information content (AvgIpc) is 2.21. The Labute approximate surface area is 95.3 Å². The Hall–Kier alpha value is 0.270. The minimum atomic E-state index is 0.608. The van der Waals surface area contributed by atoms with Crippen LogP contribution in [0.2, 0.25) is 0 Å². The lowest BCUT2D eigenvalue weighted by molar-refractivity contribution is 0.783. The highest BCUT2D eigenvalue weighted by molar-refractivity contribution is 7.99. The zero-order chi connectivity index (χ0) is 9.52. The minimum absolute atomic E-state index is 0.608. The van der Waals surface area contributed by atoms with Gasteiger partial charge >= 0.3 is 0 Å². The van der Waals surface area contributed by atoms with E-state index in [4.69, 9.17) is 0 Å². The van der Waals surface area contributed by atoms with Crippen molar-refractivity contribution >= 4 is 37.0 Å². The van der Waals surface area contributed by atoms with Crippen LogP contribution < -0.4 is 0 Å². The largest absolute Gasteiger partial charge is 0.179 e. The molecule has 0 radical (unpaired) electrons. The van der Waals surface area contributed by atoms with Gasteiger partial charge in [-0.2, -0.15) is 25.3 Å². The molecule has 0 atom stereocenters. The first-order valence-corrected chi connectivity index (χ1v) is 6.51. The third-order valence-electron chi connectivity index (χ3n) is 1.75. The van der Waals surface area contributed by atoms with Gasteiger partial charge in [0.15, 0.2) is 0 Å². The van der Waals surface area contributed by atoms with E-state index in [0.29, 0.717) is 5.92 Å². The van der Waals surface area contributed by atoms with E-state index >= 15 is 0 Å². The van der Waals surface area contributed by atoms with Crippen molar-refractivity contribution in [3.8, 4) is 0 Å². The van der Waals surface area contributed by atoms with Crippen LogP contribution in [-0.2, 0) is 0 Å². The molecule has 0 fully saturated rings. The lowest BCUT2D eigenvalue weighted by Gasteiger charge is -2.09. The number of thioether (sulfide) groups is 1. The van der Waals surface area contributed by atoms with Crippen LogP contribution in [0.3, 0.4) is 0 Å². The van der Waals surface area contributed by atoms with Crippen LogP contribution in [0.4, 0.5) is 0 Å². The molecule has 0 aliphatic carbocycles. The van der Waals surface area contributed by atoms with Crippen molar-refractivity contribution in [1.82, 2.24) is 0 Å². The molecule has 72 valence electrons. The summed E-state index contributed by atoms with van der Waals surface area (Å²) in [6.45, 7) is 0. The van der Waals surface area contributed by atoms with Crippen LogP contribution in [0.15, 0.2) is 35.2 Å². The molecule has 0 saturated carbocycles. The van der Waals surface area contributed by atoms with Crippen molar-refractivity contribution in [1.29, 1.82) is 0 Å². The molecule has 3 heteroatoms. The fraction of sp³-hybridized carbons (Fsp3) is 0.400. The van der Waals surface area contributed by atoms with Gasteiger partial charge in [0.05, 0.1) is 0 Å². The van der Waals surface area contributed by atoms with E-state index in [1.165, 1.54) is 4.90 Å². The van der Waals surface area contributed by atoms with E-state index in [2.05, 4.69) is 49.5 Å². The fourth-order valence-electron chi connectivity index (χ4n) is 0.894. The number of hydrogen-bond donors (Lipinski definition) is 2. The summed E-state index contributed by atoms with van der Waals surface area (Å²) in [5, 5.41) is 0. The van der Waals surface area contributed by atoms with E-state index in [1.54, 1.807) is 0 Å². The third kappa shape index (κ3) is 4.34. The molecule has 0 aliphatic rings. The van der Waals surface area contributed by atoms with E-state index in [9.17, 15) is 0 Å². The summed E-state index contributed by atoms with van der Waals surface area (Å²) in [5.41, 5.74) is 0. The maximum absolute atomic E-state index is 4.28. The second-order valence-corrected chi connectivity index (χ2v) is 4.68. The minimum Gasteiger partial charge on any atom is -0.179 e. The topological polar surface area (TPSA) is 0 Å². The summed E-state index contributed by atoms with van der Waals surface area (Å²) < 4.78 is 0. The smallest absolute Gasteiger partial charge is 0.00720 e. The molecule has 0 saturated heterocycles. The third-order valence-corrected chi connectivity index (χ3v) is 4.02. The van der Waals surface area contributed by atoms with Gasteiger partial charge in [-0.1, -0.05) is 18.2 Å². The Kier molecular flexibility index (Phi) is 5.83. The van der Waals surface area contributed by atoms with Crippen LogP contribution in [0.1, 0.15) is 0 Å². The maximum Gasteiger partial charge on any atom is 0.00720 e. The molecular weight excluding hydrogens is 216 g/mol. The first kappa shape index (κ1) is 11.3. The molecule has 0 aliphatic heterocycles. The SMILES string of the molecule is SCC(CS)CSc1ccccc1. The monoisotopic (exact) mass is 230 g/mol. The van der Waals surface area contributed by atoms with Crippen molar-refractivity contribution in [3.63, 3.8) is 0 Å². The van der Waals surface area contributed by atoms with Crippen LogP contribution in [0.5, 0.6) is 0 Å². The summed E-state index contributed by atoms with van der Waals surface area (Å²) in [4.78, 5) is 1.33. The van der Waals surface area contributed by atoms with Crippen LogP contribution >= 0.6 is 37.0 Å². The van der Waals surface area contributed by atoms with Crippen molar-refractivity contribution < 1.29 is 0 Å². The summed E-state index contributed by atoms with van der Waals surface area (Å²) in [6.07, 6.45) is 0. The number of benzene rings is 1. The van der Waals surface area contributed by atoms with Gasteiger partial charge in [0.1, 0.15) is 0 Å². The number of thiol groups is 2. The molecule has 0 unspecified atom stereocenters. The predicted octanol–water partition coefficient (Wildman–Crippen LogP) is 3.25. The molecule has 0 aromatic heterocycles. The number of hydrogen-bond acceptors (Lipinski definition) is 3. The van der Waals surface area contributed by atoms with Gasteiger partial charge in [0, 0.05) is 10.6 Å². The Bertz CT molecular complexity index is 219. The van der Waals surface area contributed by atoms with Crippen LogP contribution in [0, 0.1) is 5.92 Å². The van der Waals surface area contributed by atoms with E-state index in [1.807, 2.05) is 17.8 Å². The molecule has 0 heterocycles. The highest BCUT2D eigenvalue weighted by Crippen LogP contribution is 2.21. The average molecular weight is 230 g/mol. The summed E-state index contributed by atoms with van der Waals surface area (Å²) >= 11 is 10.4. The van der Waals surface area contributed by atoms with Gasteiger partial charge in [0.2, 0.25) is 0 Å². The van der Waals surface area contributed by atoms with Crippen molar-refractivity contribution in [2.24, 2.45) is 5.92 Å². The quantitative estimate of drug-likeness (QED) is 0.578. The molecular formula is C10H14S3. The van der Waals surface area contributed by atoms with Gasteiger partial charge in [0.25, 0.3) is 0 Å². The Morgan fingerprint density at radius 3 is 2.23 bits per heavy atom. The predicted molar refractivity (Wildman–Crippen MR) is 68.4 cm³/mol. The summed E-state index contributed by atoms with van der Waals surface area (Å²) in [5.74, 6) is 3.56. The molecule has 0 amide bonds.